The van der Waals surface area contributed by atoms with Crippen molar-refractivity contribution in [3.63, 3.8) is 0 Å². The van der Waals surface area contributed by atoms with Crippen LogP contribution in [-0.4, -0.2) is 32.9 Å². The van der Waals surface area contributed by atoms with E-state index in [0.717, 1.165) is 17.4 Å². The first-order valence-corrected chi connectivity index (χ1v) is 10.2. The van der Waals surface area contributed by atoms with Gasteiger partial charge >= 0.3 is 12.5 Å². The molecule has 0 amide bonds. The van der Waals surface area contributed by atoms with E-state index in [2.05, 4.69) is 20.0 Å². The average Bonchev–Trinajstić information content (AvgIpc) is 3.24. The lowest BCUT2D eigenvalue weighted by Crippen LogP contribution is -2.16. The summed E-state index contributed by atoms with van der Waals surface area (Å²) in [4.78, 5) is 20.8. The molecule has 0 atom stereocenters. The Kier molecular flexibility index (Phi) is 5.68. The lowest BCUT2D eigenvalue weighted by molar-refractivity contribution is -0.274. The molecule has 0 saturated heterocycles. The molecule has 2 aromatic heterocycles. The highest BCUT2D eigenvalue weighted by atomic mass is 32.1. The molecule has 0 radical (unpaired) electrons. The van der Waals surface area contributed by atoms with E-state index in [-0.39, 0.29) is 11.3 Å². The van der Waals surface area contributed by atoms with Crippen LogP contribution in [0.1, 0.15) is 23.2 Å². The minimum absolute atomic E-state index is 0.119. The third-order valence-corrected chi connectivity index (χ3v) is 5.58. The van der Waals surface area contributed by atoms with Crippen LogP contribution in [0.2, 0.25) is 0 Å². The molecule has 0 bridgehead atoms. The number of aryl methyl sites for hydroxylation is 1. The maximum absolute atomic E-state index is 12.4. The minimum Gasteiger partial charge on any atom is -0.406 e. The number of aromatic nitrogens is 3. The van der Waals surface area contributed by atoms with E-state index in [1.165, 1.54) is 24.3 Å². The van der Waals surface area contributed by atoms with Crippen molar-refractivity contribution in [3.05, 3.63) is 42.0 Å². The number of carbonyl (C=O) groups is 1. The van der Waals surface area contributed by atoms with E-state index in [1.54, 1.807) is 17.7 Å². The van der Waals surface area contributed by atoms with Crippen molar-refractivity contribution in [2.45, 2.75) is 25.4 Å². The zero-order valence-corrected chi connectivity index (χ0v) is 17.5. The quantitative estimate of drug-likeness (QED) is 0.253. The smallest absolute Gasteiger partial charge is 0.406 e. The molecule has 4 rings (SSSR count). The summed E-state index contributed by atoms with van der Waals surface area (Å²) in [6.45, 7) is 0. The van der Waals surface area contributed by atoms with Crippen LogP contribution in [0.5, 0.6) is 5.75 Å². The fourth-order valence-electron chi connectivity index (χ4n) is 3.14. The van der Waals surface area contributed by atoms with Gasteiger partial charge in [-0.25, -0.2) is 9.97 Å². The van der Waals surface area contributed by atoms with Crippen molar-refractivity contribution in [2.24, 2.45) is 7.05 Å². The summed E-state index contributed by atoms with van der Waals surface area (Å²) in [7, 11) is 1.69. The highest BCUT2D eigenvalue weighted by molar-refractivity contribution is 7.22. The van der Waals surface area contributed by atoms with Crippen LogP contribution in [0, 0.1) is 0 Å². The number of rotatable bonds is 6. The molecule has 174 valence electrons. The van der Waals surface area contributed by atoms with Gasteiger partial charge in [0.15, 0.2) is 10.9 Å². The molecule has 33 heavy (non-hydrogen) atoms. The summed E-state index contributed by atoms with van der Waals surface area (Å²) in [6, 6.07) is 8.20. The monoisotopic (exact) mass is 488 g/mol. The molecular formula is C20H14F6N4O2S. The molecule has 6 nitrogen and oxygen atoms in total. The van der Waals surface area contributed by atoms with Gasteiger partial charge in [-0.1, -0.05) is 11.3 Å². The Morgan fingerprint density at radius 3 is 2.52 bits per heavy atom. The second-order valence-corrected chi connectivity index (χ2v) is 8.09. The molecule has 13 heteroatoms. The number of benzene rings is 2. The summed E-state index contributed by atoms with van der Waals surface area (Å²) in [5, 5.41) is 3.33. The Morgan fingerprint density at radius 1 is 1.06 bits per heavy atom. The molecule has 0 aliphatic carbocycles. The summed E-state index contributed by atoms with van der Waals surface area (Å²) < 4.78 is 80.4. The number of imidazole rings is 1. The van der Waals surface area contributed by atoms with Gasteiger partial charge < -0.3 is 14.6 Å². The van der Waals surface area contributed by atoms with Crippen molar-refractivity contribution in [3.8, 4) is 5.75 Å². The third kappa shape index (κ3) is 5.35. The van der Waals surface area contributed by atoms with E-state index in [0.29, 0.717) is 32.3 Å². The van der Waals surface area contributed by atoms with Crippen molar-refractivity contribution in [2.75, 3.05) is 5.32 Å². The molecule has 0 aliphatic heterocycles. The highest BCUT2D eigenvalue weighted by Crippen LogP contribution is 2.33. The van der Waals surface area contributed by atoms with E-state index in [9.17, 15) is 31.1 Å². The number of ketones is 1. The van der Waals surface area contributed by atoms with Gasteiger partial charge in [0.25, 0.3) is 0 Å². The standard InChI is InChI=1S/C20H14F6N4O2S/c1-30-14-5-2-10(15(31)6-7-19(21,22)23)8-13(14)27-17(30)29-18-28-12-4-3-11(9-16(12)33-18)32-20(24,25)26/h2-5,8-9H,6-7H2,1H3,(H,27,28,29). The molecule has 0 saturated carbocycles. The van der Waals surface area contributed by atoms with Gasteiger partial charge in [-0.05, 0) is 30.3 Å². The van der Waals surface area contributed by atoms with Crippen molar-refractivity contribution in [1.82, 2.24) is 14.5 Å². The summed E-state index contributed by atoms with van der Waals surface area (Å²) in [6.07, 6.45) is -11.1. The van der Waals surface area contributed by atoms with Crippen molar-refractivity contribution >= 4 is 49.4 Å². The summed E-state index contributed by atoms with van der Waals surface area (Å²) in [5.74, 6) is -0.677. The van der Waals surface area contributed by atoms with Crippen LogP contribution in [0.15, 0.2) is 36.4 Å². The molecular weight excluding hydrogens is 474 g/mol. The number of halogens is 6. The number of nitrogens with one attached hydrogen (secondary N) is 1. The number of hydrogen-bond acceptors (Lipinski definition) is 6. The molecule has 0 unspecified atom stereocenters. The first-order valence-electron chi connectivity index (χ1n) is 9.38. The van der Waals surface area contributed by atoms with E-state index < -0.39 is 31.2 Å². The maximum Gasteiger partial charge on any atom is 0.573 e. The topological polar surface area (TPSA) is 69.0 Å². The number of carbonyl (C=O) groups excluding carboxylic acids is 1. The molecule has 0 aliphatic rings. The average molecular weight is 488 g/mol. The Bertz CT molecular complexity index is 1340. The van der Waals surface area contributed by atoms with Gasteiger partial charge in [0.1, 0.15) is 5.75 Å². The molecule has 0 fully saturated rings. The minimum atomic E-state index is -4.81. The lowest BCUT2D eigenvalue weighted by atomic mass is 10.1. The number of Topliss-reactive ketones (excluding diaryl/α,β-unsaturated/α-hetero) is 1. The summed E-state index contributed by atoms with van der Waals surface area (Å²) in [5.41, 5.74) is 1.58. The third-order valence-electron chi connectivity index (χ3n) is 4.65. The van der Waals surface area contributed by atoms with Crippen LogP contribution < -0.4 is 10.1 Å². The van der Waals surface area contributed by atoms with Crippen LogP contribution >= 0.6 is 11.3 Å². The highest BCUT2D eigenvalue weighted by Gasteiger charge is 2.31. The van der Waals surface area contributed by atoms with Crippen LogP contribution in [0.4, 0.5) is 37.4 Å². The molecule has 2 aromatic carbocycles. The molecule has 1 N–H and O–H groups in total. The second-order valence-electron chi connectivity index (χ2n) is 7.06. The maximum atomic E-state index is 12.4. The number of hydrogen-bond donors (Lipinski definition) is 1. The van der Waals surface area contributed by atoms with Gasteiger partial charge in [0.05, 0.1) is 27.7 Å². The first kappa shape index (κ1) is 22.8. The Hall–Kier alpha value is -3.35. The van der Waals surface area contributed by atoms with Crippen LogP contribution in [-0.2, 0) is 7.05 Å². The van der Waals surface area contributed by atoms with Crippen LogP contribution in [0.3, 0.4) is 0 Å². The molecule has 4 aromatic rings. The Balaban J connectivity index is 1.56. The normalized spacial score (nSPS) is 12.5. The van der Waals surface area contributed by atoms with Crippen molar-refractivity contribution in [1.29, 1.82) is 0 Å². The number of anilines is 2. The lowest BCUT2D eigenvalue weighted by Gasteiger charge is -2.07. The van der Waals surface area contributed by atoms with E-state index >= 15 is 0 Å². The van der Waals surface area contributed by atoms with Gasteiger partial charge in [-0.15, -0.1) is 13.2 Å². The van der Waals surface area contributed by atoms with Gasteiger partial charge in [0.2, 0.25) is 5.95 Å². The predicted octanol–water partition coefficient (Wildman–Crippen LogP) is 6.35. The van der Waals surface area contributed by atoms with Gasteiger partial charge in [0, 0.05) is 25.1 Å². The number of fused-ring (bicyclic) bond motifs is 2. The SMILES string of the molecule is Cn1c(Nc2nc3ccc(OC(F)(F)F)cc3s2)nc2cc(C(=O)CCC(F)(F)F)ccc21. The summed E-state index contributed by atoms with van der Waals surface area (Å²) >= 11 is 1.08. The Labute approximate surface area is 185 Å². The number of alkyl halides is 6. The second kappa shape index (κ2) is 8.21. The van der Waals surface area contributed by atoms with Gasteiger partial charge in [-0.2, -0.15) is 13.2 Å². The van der Waals surface area contributed by atoms with Crippen molar-refractivity contribution < 1.29 is 35.9 Å². The fraction of sp³-hybridized carbons (Fsp3) is 0.250. The largest absolute Gasteiger partial charge is 0.573 e. The van der Waals surface area contributed by atoms with E-state index in [4.69, 9.17) is 0 Å². The zero-order chi connectivity index (χ0) is 24.0. The fourth-order valence-corrected chi connectivity index (χ4v) is 4.02. The Morgan fingerprint density at radius 2 is 1.82 bits per heavy atom. The molecule has 0 spiro atoms. The molecule has 2 heterocycles. The number of ether oxygens (including phenoxy) is 1. The number of nitrogens with zero attached hydrogens (tertiary/aromatic N) is 3. The predicted molar refractivity (Wildman–Crippen MR) is 110 cm³/mol. The first-order chi connectivity index (χ1) is 15.4. The zero-order valence-electron chi connectivity index (χ0n) is 16.7. The van der Waals surface area contributed by atoms with Gasteiger partial charge in [-0.3, -0.25) is 4.79 Å². The van der Waals surface area contributed by atoms with E-state index in [1.807, 2.05) is 0 Å². The van der Waals surface area contributed by atoms with Crippen LogP contribution in [0.25, 0.3) is 21.3 Å². The number of thiazole rings is 1.